The van der Waals surface area contributed by atoms with E-state index in [0.717, 1.165) is 18.0 Å². The average molecular weight is 252 g/mol. The molecule has 0 aromatic carbocycles. The van der Waals surface area contributed by atoms with Crippen LogP contribution in [0, 0.1) is 5.92 Å². The normalized spacial score (nSPS) is 14.6. The van der Waals surface area contributed by atoms with Crippen molar-refractivity contribution in [2.24, 2.45) is 5.92 Å². The van der Waals surface area contributed by atoms with Gasteiger partial charge in [0.05, 0.1) is 5.69 Å². The zero-order valence-corrected chi connectivity index (χ0v) is 12.2. The van der Waals surface area contributed by atoms with Crippen LogP contribution in [0.25, 0.3) is 0 Å². The summed E-state index contributed by atoms with van der Waals surface area (Å²) in [5, 5.41) is 3.28. The molecule has 0 saturated carbocycles. The molecule has 1 heterocycles. The number of hydrogen-bond donors (Lipinski definition) is 1. The Hall–Kier alpha value is -0.540. The lowest BCUT2D eigenvalue weighted by Crippen LogP contribution is -2.16. The van der Waals surface area contributed by atoms with E-state index in [-0.39, 0.29) is 0 Å². The summed E-state index contributed by atoms with van der Waals surface area (Å²) in [4.78, 5) is 5.82. The third-order valence-electron chi connectivity index (χ3n) is 3.10. The summed E-state index contributed by atoms with van der Waals surface area (Å²) in [6.07, 6.45) is 4.32. The first-order chi connectivity index (χ1) is 8.21. The van der Waals surface area contributed by atoms with Crippen molar-refractivity contribution in [3.05, 3.63) is 24.0 Å². The maximum Gasteiger partial charge on any atom is 0.0573 e. The number of hydrogen-bond acceptors (Lipinski definition) is 3. The second kappa shape index (κ2) is 7.72. The fraction of sp³-hybridized carbons (Fsp3) is 0.643. The second-order valence-corrected chi connectivity index (χ2v) is 5.59. The number of aromatic nitrogens is 1. The van der Waals surface area contributed by atoms with E-state index in [1.54, 1.807) is 0 Å². The molecule has 0 bridgehead atoms. The Balaban J connectivity index is 2.55. The minimum atomic E-state index is 0.378. The molecule has 17 heavy (non-hydrogen) atoms. The Morgan fingerprint density at radius 2 is 2.06 bits per heavy atom. The highest BCUT2D eigenvalue weighted by molar-refractivity contribution is 7.99. The van der Waals surface area contributed by atoms with Crippen molar-refractivity contribution in [3.8, 4) is 0 Å². The molecule has 0 spiro atoms. The van der Waals surface area contributed by atoms with Crippen molar-refractivity contribution in [2.75, 3.05) is 12.8 Å². The van der Waals surface area contributed by atoms with Crippen LogP contribution < -0.4 is 5.32 Å². The molecule has 0 aliphatic rings. The molecule has 2 unspecified atom stereocenters. The van der Waals surface area contributed by atoms with Crippen LogP contribution in [0.5, 0.6) is 0 Å². The summed E-state index contributed by atoms with van der Waals surface area (Å²) >= 11 is 1.91. The molecule has 0 aliphatic heterocycles. The number of nitrogens with zero attached hydrogens (tertiary/aromatic N) is 1. The van der Waals surface area contributed by atoms with Crippen LogP contribution in [0.15, 0.2) is 23.2 Å². The highest BCUT2D eigenvalue weighted by Crippen LogP contribution is 2.22. The smallest absolute Gasteiger partial charge is 0.0573 e. The van der Waals surface area contributed by atoms with Crippen LogP contribution in [0.2, 0.25) is 0 Å². The SMILES string of the molecule is CCC(C)CSc1ccc(C(CC)NC)nc1. The van der Waals surface area contributed by atoms with E-state index >= 15 is 0 Å². The third-order valence-corrected chi connectivity index (χ3v) is 4.41. The molecule has 1 aromatic heterocycles. The van der Waals surface area contributed by atoms with Crippen molar-refractivity contribution in [1.29, 1.82) is 0 Å². The van der Waals surface area contributed by atoms with Gasteiger partial charge in [-0.15, -0.1) is 11.8 Å². The van der Waals surface area contributed by atoms with Crippen LogP contribution in [0.1, 0.15) is 45.3 Å². The van der Waals surface area contributed by atoms with Crippen LogP contribution in [0.3, 0.4) is 0 Å². The number of nitrogens with one attached hydrogen (secondary N) is 1. The molecule has 1 aromatic rings. The van der Waals surface area contributed by atoms with E-state index in [1.165, 1.54) is 17.1 Å². The van der Waals surface area contributed by atoms with Crippen LogP contribution >= 0.6 is 11.8 Å². The monoisotopic (exact) mass is 252 g/mol. The molecule has 2 nitrogen and oxygen atoms in total. The molecule has 0 saturated heterocycles. The molecule has 3 heteroatoms. The van der Waals surface area contributed by atoms with Gasteiger partial charge in [-0.2, -0.15) is 0 Å². The van der Waals surface area contributed by atoms with Gasteiger partial charge in [-0.25, -0.2) is 0 Å². The van der Waals surface area contributed by atoms with E-state index in [2.05, 4.69) is 43.2 Å². The van der Waals surface area contributed by atoms with Gasteiger partial charge >= 0.3 is 0 Å². The Morgan fingerprint density at radius 1 is 1.29 bits per heavy atom. The van der Waals surface area contributed by atoms with Crippen molar-refractivity contribution in [3.63, 3.8) is 0 Å². The molecule has 2 atom stereocenters. The van der Waals surface area contributed by atoms with E-state index in [1.807, 2.05) is 25.0 Å². The van der Waals surface area contributed by atoms with Gasteiger partial charge < -0.3 is 5.32 Å². The third kappa shape index (κ3) is 4.68. The Labute approximate surface area is 110 Å². The van der Waals surface area contributed by atoms with E-state index < -0.39 is 0 Å². The largest absolute Gasteiger partial charge is 0.312 e. The lowest BCUT2D eigenvalue weighted by molar-refractivity contribution is 0.561. The lowest BCUT2D eigenvalue weighted by Gasteiger charge is -2.13. The number of thioether (sulfide) groups is 1. The molecule has 96 valence electrons. The van der Waals surface area contributed by atoms with Gasteiger partial charge in [0.2, 0.25) is 0 Å². The Kier molecular flexibility index (Phi) is 6.60. The first kappa shape index (κ1) is 14.5. The van der Waals surface area contributed by atoms with Gasteiger partial charge in [-0.05, 0) is 31.5 Å². The number of rotatable bonds is 7. The van der Waals surface area contributed by atoms with Gasteiger partial charge in [0.25, 0.3) is 0 Å². The summed E-state index contributed by atoms with van der Waals surface area (Å²) in [7, 11) is 1.99. The Bertz CT molecular complexity index is 307. The molecule has 0 amide bonds. The van der Waals surface area contributed by atoms with Gasteiger partial charge in [-0.1, -0.05) is 27.2 Å². The molecule has 0 radical (unpaired) electrons. The van der Waals surface area contributed by atoms with Gasteiger partial charge in [0, 0.05) is 22.9 Å². The number of pyridine rings is 1. The maximum atomic E-state index is 4.54. The first-order valence-corrected chi connectivity index (χ1v) is 7.45. The zero-order valence-electron chi connectivity index (χ0n) is 11.4. The van der Waals surface area contributed by atoms with Crippen LogP contribution in [-0.4, -0.2) is 17.8 Å². The highest BCUT2D eigenvalue weighted by atomic mass is 32.2. The van der Waals surface area contributed by atoms with E-state index in [4.69, 9.17) is 0 Å². The predicted molar refractivity (Wildman–Crippen MR) is 76.5 cm³/mol. The average Bonchev–Trinajstić information content (AvgIpc) is 2.38. The fourth-order valence-corrected chi connectivity index (χ4v) is 2.60. The molecular formula is C14H24N2S. The molecule has 1 N–H and O–H groups in total. The second-order valence-electron chi connectivity index (χ2n) is 4.49. The minimum absolute atomic E-state index is 0.378. The summed E-state index contributed by atoms with van der Waals surface area (Å²) in [6.45, 7) is 6.71. The van der Waals surface area contributed by atoms with Gasteiger partial charge in [0.1, 0.15) is 0 Å². The summed E-state index contributed by atoms with van der Waals surface area (Å²) in [5.41, 5.74) is 1.14. The maximum absolute atomic E-state index is 4.54. The quantitative estimate of drug-likeness (QED) is 0.745. The molecule has 0 aliphatic carbocycles. The van der Waals surface area contributed by atoms with Crippen molar-refractivity contribution < 1.29 is 0 Å². The van der Waals surface area contributed by atoms with Crippen molar-refractivity contribution in [2.45, 2.75) is 44.6 Å². The van der Waals surface area contributed by atoms with Crippen LogP contribution in [0.4, 0.5) is 0 Å². The summed E-state index contributed by atoms with van der Waals surface area (Å²) < 4.78 is 0. The summed E-state index contributed by atoms with van der Waals surface area (Å²) in [5.74, 6) is 1.96. The standard InChI is InChI=1S/C14H24N2S/c1-5-11(3)10-17-12-7-8-14(16-9-12)13(6-2)15-4/h7-9,11,13,15H,5-6,10H2,1-4H3. The van der Waals surface area contributed by atoms with Crippen LogP contribution in [-0.2, 0) is 0 Å². The fourth-order valence-electron chi connectivity index (χ4n) is 1.60. The van der Waals surface area contributed by atoms with Gasteiger partial charge in [0.15, 0.2) is 0 Å². The zero-order chi connectivity index (χ0) is 12.7. The molecular weight excluding hydrogens is 228 g/mol. The van der Waals surface area contributed by atoms with Crippen molar-refractivity contribution in [1.82, 2.24) is 10.3 Å². The molecule has 0 fully saturated rings. The van der Waals surface area contributed by atoms with Gasteiger partial charge in [-0.3, -0.25) is 4.98 Å². The minimum Gasteiger partial charge on any atom is -0.312 e. The molecule has 1 rings (SSSR count). The van der Waals surface area contributed by atoms with E-state index in [0.29, 0.717) is 6.04 Å². The van der Waals surface area contributed by atoms with E-state index in [9.17, 15) is 0 Å². The lowest BCUT2D eigenvalue weighted by atomic mass is 10.1. The topological polar surface area (TPSA) is 24.9 Å². The summed E-state index contributed by atoms with van der Waals surface area (Å²) in [6, 6.07) is 4.71. The highest BCUT2D eigenvalue weighted by Gasteiger charge is 2.08. The van der Waals surface area contributed by atoms with Crippen molar-refractivity contribution >= 4 is 11.8 Å². The predicted octanol–water partition coefficient (Wildman–Crippen LogP) is 3.89. The Morgan fingerprint density at radius 3 is 2.53 bits per heavy atom. The first-order valence-electron chi connectivity index (χ1n) is 6.47.